The van der Waals surface area contributed by atoms with Gasteiger partial charge >= 0.3 is 5.97 Å². The van der Waals surface area contributed by atoms with E-state index in [1.54, 1.807) is 12.1 Å². The van der Waals surface area contributed by atoms with Gasteiger partial charge in [0, 0.05) is 37.9 Å². The van der Waals surface area contributed by atoms with Crippen molar-refractivity contribution in [1.29, 1.82) is 0 Å². The van der Waals surface area contributed by atoms with Gasteiger partial charge in [0.2, 0.25) is 11.8 Å². The number of amides is 2. The molecule has 7 nitrogen and oxygen atoms in total. The number of nitrogens with one attached hydrogen (secondary N) is 2. The second-order valence-electron chi connectivity index (χ2n) is 7.76. The Hall–Kier alpha value is -3.35. The molecule has 0 spiro atoms. The van der Waals surface area contributed by atoms with E-state index in [0.29, 0.717) is 17.8 Å². The number of rotatable bonds is 7. The van der Waals surface area contributed by atoms with Gasteiger partial charge in [-0.25, -0.2) is 4.79 Å². The number of likely N-dealkylation sites (N-methyl/N-ethyl adjacent to an activating group) is 1. The van der Waals surface area contributed by atoms with E-state index in [1.165, 1.54) is 25.5 Å². The van der Waals surface area contributed by atoms with E-state index in [-0.39, 0.29) is 17.4 Å². The molecular formula is C24H29N3O4. The van der Waals surface area contributed by atoms with Crippen LogP contribution in [0.4, 0.5) is 11.4 Å². The lowest BCUT2D eigenvalue weighted by molar-refractivity contribution is -0.121. The van der Waals surface area contributed by atoms with Crippen molar-refractivity contribution in [1.82, 2.24) is 5.32 Å². The first-order valence-corrected chi connectivity index (χ1v) is 10.7. The number of piperidine rings is 1. The summed E-state index contributed by atoms with van der Waals surface area (Å²) in [6.45, 7) is 5.61. The normalized spacial score (nSPS) is 14.6. The first kappa shape index (κ1) is 22.3. The minimum Gasteiger partial charge on any atom is -0.478 e. The van der Waals surface area contributed by atoms with Crippen LogP contribution in [-0.4, -0.2) is 42.5 Å². The Kier molecular flexibility index (Phi) is 7.28. The first-order chi connectivity index (χ1) is 14.9. The summed E-state index contributed by atoms with van der Waals surface area (Å²) in [5, 5.41) is 15.0. The van der Waals surface area contributed by atoms with Crippen LogP contribution in [0.1, 0.15) is 60.5 Å². The highest BCUT2D eigenvalue weighted by Crippen LogP contribution is 2.36. The highest BCUT2D eigenvalue weighted by atomic mass is 16.4. The quantitative estimate of drug-likeness (QED) is 0.632. The molecule has 1 aliphatic heterocycles. The van der Waals surface area contributed by atoms with E-state index in [4.69, 9.17) is 0 Å². The molecule has 1 fully saturated rings. The molecule has 3 N–H and O–H groups in total. The molecule has 3 rings (SSSR count). The zero-order valence-electron chi connectivity index (χ0n) is 18.0. The highest BCUT2D eigenvalue weighted by Gasteiger charge is 2.28. The Balaban J connectivity index is 2.13. The standard InChI is InChI=1S/C24H29N3O4/c1-3-25-23(29)22(17-7-9-18(10-8-17)24(30)31)20-15-19(26-16(2)28)11-12-21(20)27-13-5-4-6-14-27/h7-12,15,22H,3-6,13-14H2,1-2H3,(H,25,29)(H,26,28)(H,30,31). The molecule has 1 saturated heterocycles. The van der Waals surface area contributed by atoms with Gasteiger partial charge in [0.25, 0.3) is 0 Å². The van der Waals surface area contributed by atoms with Gasteiger partial charge in [0.15, 0.2) is 0 Å². The Morgan fingerprint density at radius 1 is 1.03 bits per heavy atom. The Morgan fingerprint density at radius 3 is 2.29 bits per heavy atom. The zero-order chi connectivity index (χ0) is 22.4. The molecule has 164 valence electrons. The van der Waals surface area contributed by atoms with Crippen LogP contribution >= 0.6 is 0 Å². The van der Waals surface area contributed by atoms with Crippen LogP contribution in [-0.2, 0) is 9.59 Å². The first-order valence-electron chi connectivity index (χ1n) is 10.7. The van der Waals surface area contributed by atoms with Gasteiger partial charge in [-0.3, -0.25) is 9.59 Å². The number of carboxylic acid groups (broad SMARTS) is 1. The van der Waals surface area contributed by atoms with Crippen molar-refractivity contribution in [3.63, 3.8) is 0 Å². The molecule has 0 aliphatic carbocycles. The summed E-state index contributed by atoms with van der Waals surface area (Å²) in [5.41, 5.74) is 3.25. The van der Waals surface area contributed by atoms with E-state index in [9.17, 15) is 19.5 Å². The highest BCUT2D eigenvalue weighted by molar-refractivity contribution is 5.93. The van der Waals surface area contributed by atoms with Crippen molar-refractivity contribution in [2.24, 2.45) is 0 Å². The Bertz CT molecular complexity index is 950. The molecule has 31 heavy (non-hydrogen) atoms. The fourth-order valence-corrected chi connectivity index (χ4v) is 4.06. The van der Waals surface area contributed by atoms with Crippen LogP contribution < -0.4 is 15.5 Å². The van der Waals surface area contributed by atoms with Crippen molar-refractivity contribution in [2.75, 3.05) is 29.9 Å². The van der Waals surface area contributed by atoms with Crippen molar-refractivity contribution in [3.05, 3.63) is 59.2 Å². The molecule has 1 atom stereocenters. The molecule has 2 aromatic carbocycles. The fraction of sp³-hybridized carbons (Fsp3) is 0.375. The fourth-order valence-electron chi connectivity index (χ4n) is 4.06. The number of hydrogen-bond donors (Lipinski definition) is 3. The summed E-state index contributed by atoms with van der Waals surface area (Å²) >= 11 is 0. The average molecular weight is 424 g/mol. The van der Waals surface area contributed by atoms with E-state index in [2.05, 4.69) is 15.5 Å². The number of nitrogens with zero attached hydrogens (tertiary/aromatic N) is 1. The van der Waals surface area contributed by atoms with Gasteiger partial charge in [-0.2, -0.15) is 0 Å². The minimum absolute atomic E-state index is 0.163. The van der Waals surface area contributed by atoms with E-state index in [1.807, 2.05) is 25.1 Å². The number of benzene rings is 2. The third-order valence-corrected chi connectivity index (χ3v) is 5.46. The second-order valence-corrected chi connectivity index (χ2v) is 7.76. The monoisotopic (exact) mass is 423 g/mol. The number of carbonyl (C=O) groups excluding carboxylic acids is 2. The molecular weight excluding hydrogens is 394 g/mol. The summed E-state index contributed by atoms with van der Waals surface area (Å²) in [7, 11) is 0. The smallest absolute Gasteiger partial charge is 0.335 e. The number of carbonyl (C=O) groups is 3. The third kappa shape index (κ3) is 5.42. The summed E-state index contributed by atoms with van der Waals surface area (Å²) in [4.78, 5) is 38.4. The van der Waals surface area contributed by atoms with Crippen LogP contribution in [0.3, 0.4) is 0 Å². The summed E-state index contributed by atoms with van der Waals surface area (Å²) in [6, 6.07) is 12.1. The van der Waals surface area contributed by atoms with Gasteiger partial charge in [-0.15, -0.1) is 0 Å². The Labute approximate surface area is 182 Å². The van der Waals surface area contributed by atoms with Crippen molar-refractivity contribution < 1.29 is 19.5 Å². The third-order valence-electron chi connectivity index (χ3n) is 5.46. The maximum absolute atomic E-state index is 13.2. The predicted octanol–water partition coefficient (Wildman–Crippen LogP) is 3.60. The van der Waals surface area contributed by atoms with Gasteiger partial charge in [-0.1, -0.05) is 12.1 Å². The maximum atomic E-state index is 13.2. The summed E-state index contributed by atoms with van der Waals surface area (Å²) < 4.78 is 0. The van der Waals surface area contributed by atoms with Gasteiger partial charge < -0.3 is 20.6 Å². The van der Waals surface area contributed by atoms with Crippen molar-refractivity contribution in [2.45, 2.75) is 39.0 Å². The van der Waals surface area contributed by atoms with Crippen LogP contribution in [0, 0.1) is 0 Å². The lowest BCUT2D eigenvalue weighted by Crippen LogP contribution is -2.34. The lowest BCUT2D eigenvalue weighted by atomic mass is 9.87. The Morgan fingerprint density at radius 2 is 1.71 bits per heavy atom. The summed E-state index contributed by atoms with van der Waals surface area (Å²) in [6.07, 6.45) is 3.37. The SMILES string of the molecule is CCNC(=O)C(c1ccc(C(=O)O)cc1)c1cc(NC(C)=O)ccc1N1CCCCC1. The molecule has 7 heteroatoms. The summed E-state index contributed by atoms with van der Waals surface area (Å²) in [5.74, 6) is -1.99. The molecule has 0 radical (unpaired) electrons. The molecule has 2 aromatic rings. The molecule has 1 aliphatic rings. The predicted molar refractivity (Wildman–Crippen MR) is 121 cm³/mol. The van der Waals surface area contributed by atoms with E-state index < -0.39 is 11.9 Å². The number of anilines is 2. The molecule has 1 heterocycles. The molecule has 2 amide bonds. The molecule has 1 unspecified atom stereocenters. The van der Waals surface area contributed by atoms with Crippen molar-refractivity contribution >= 4 is 29.2 Å². The topological polar surface area (TPSA) is 98.7 Å². The van der Waals surface area contributed by atoms with E-state index in [0.717, 1.165) is 37.2 Å². The number of carboxylic acids is 1. The van der Waals surface area contributed by atoms with Crippen LogP contribution in [0.15, 0.2) is 42.5 Å². The number of hydrogen-bond acceptors (Lipinski definition) is 4. The second kappa shape index (κ2) is 10.1. The maximum Gasteiger partial charge on any atom is 0.335 e. The van der Waals surface area contributed by atoms with Gasteiger partial charge in [0.1, 0.15) is 0 Å². The molecule has 0 aromatic heterocycles. The molecule has 0 bridgehead atoms. The largest absolute Gasteiger partial charge is 0.478 e. The van der Waals surface area contributed by atoms with Crippen molar-refractivity contribution in [3.8, 4) is 0 Å². The van der Waals surface area contributed by atoms with Gasteiger partial charge in [-0.05, 0) is 67.6 Å². The lowest BCUT2D eigenvalue weighted by Gasteiger charge is -2.33. The number of aromatic carboxylic acids is 1. The zero-order valence-corrected chi connectivity index (χ0v) is 18.0. The minimum atomic E-state index is -1.01. The van der Waals surface area contributed by atoms with E-state index >= 15 is 0 Å². The average Bonchev–Trinajstić information content (AvgIpc) is 2.75. The van der Waals surface area contributed by atoms with Crippen LogP contribution in [0.5, 0.6) is 0 Å². The molecule has 0 saturated carbocycles. The van der Waals surface area contributed by atoms with Gasteiger partial charge in [0.05, 0.1) is 11.5 Å². The van der Waals surface area contributed by atoms with Crippen LogP contribution in [0.25, 0.3) is 0 Å². The van der Waals surface area contributed by atoms with Crippen LogP contribution in [0.2, 0.25) is 0 Å².